The number of piperazine rings is 1. The van der Waals surface area contributed by atoms with Crippen molar-refractivity contribution in [2.45, 2.75) is 6.18 Å². The maximum absolute atomic E-state index is 13.0. The summed E-state index contributed by atoms with van der Waals surface area (Å²) in [4.78, 5) is 15.9. The van der Waals surface area contributed by atoms with E-state index in [2.05, 4.69) is 5.32 Å². The Labute approximate surface area is 148 Å². The van der Waals surface area contributed by atoms with Gasteiger partial charge in [0, 0.05) is 37.6 Å². The SMILES string of the molecule is O=C(Nc1ccc(C(F)(F)F)cc1)N1CCN(c2ccc(F)cc2)CC1. The monoisotopic (exact) mass is 367 g/mol. The van der Waals surface area contributed by atoms with Crippen LogP contribution >= 0.6 is 0 Å². The fraction of sp³-hybridized carbons (Fsp3) is 0.278. The fourth-order valence-electron chi connectivity index (χ4n) is 2.76. The zero-order valence-electron chi connectivity index (χ0n) is 13.8. The Hall–Kier alpha value is -2.77. The van der Waals surface area contributed by atoms with Gasteiger partial charge in [-0.05, 0) is 48.5 Å². The number of anilines is 2. The minimum absolute atomic E-state index is 0.302. The number of nitrogens with zero attached hydrogens (tertiary/aromatic N) is 2. The number of halogens is 4. The molecule has 1 aliphatic rings. The number of carbonyl (C=O) groups excluding carboxylic acids is 1. The summed E-state index contributed by atoms with van der Waals surface area (Å²) in [6.45, 7) is 2.10. The average Bonchev–Trinajstić information content (AvgIpc) is 2.62. The van der Waals surface area contributed by atoms with Gasteiger partial charge in [-0.1, -0.05) is 0 Å². The highest BCUT2D eigenvalue weighted by atomic mass is 19.4. The average molecular weight is 367 g/mol. The van der Waals surface area contributed by atoms with Crippen LogP contribution in [0, 0.1) is 5.82 Å². The summed E-state index contributed by atoms with van der Waals surface area (Å²) in [5.74, 6) is -0.302. The van der Waals surface area contributed by atoms with Crippen LogP contribution in [0.15, 0.2) is 48.5 Å². The van der Waals surface area contributed by atoms with Crippen molar-refractivity contribution in [2.24, 2.45) is 0 Å². The normalized spacial score (nSPS) is 15.1. The molecule has 0 aliphatic carbocycles. The predicted molar refractivity (Wildman–Crippen MR) is 90.6 cm³/mol. The van der Waals surface area contributed by atoms with Crippen LogP contribution in [0.25, 0.3) is 0 Å². The molecule has 2 aromatic carbocycles. The molecule has 8 heteroatoms. The number of urea groups is 1. The van der Waals surface area contributed by atoms with Gasteiger partial charge in [-0.2, -0.15) is 13.2 Å². The van der Waals surface area contributed by atoms with Gasteiger partial charge < -0.3 is 15.1 Å². The van der Waals surface area contributed by atoms with Gasteiger partial charge in [0.25, 0.3) is 0 Å². The second kappa shape index (κ2) is 7.23. The molecule has 0 aromatic heterocycles. The summed E-state index contributed by atoms with van der Waals surface area (Å²) in [5, 5.41) is 2.60. The summed E-state index contributed by atoms with van der Waals surface area (Å²) in [5.41, 5.74) is 0.432. The molecule has 0 spiro atoms. The molecule has 4 nitrogen and oxygen atoms in total. The number of hydrogen-bond donors (Lipinski definition) is 1. The van der Waals surface area contributed by atoms with Crippen LogP contribution in [-0.4, -0.2) is 37.1 Å². The van der Waals surface area contributed by atoms with Crippen LogP contribution in [0.5, 0.6) is 0 Å². The second-order valence-electron chi connectivity index (χ2n) is 5.96. The highest BCUT2D eigenvalue weighted by molar-refractivity contribution is 5.89. The Morgan fingerprint density at radius 2 is 1.46 bits per heavy atom. The Morgan fingerprint density at radius 3 is 2.00 bits per heavy atom. The van der Waals surface area contributed by atoms with Gasteiger partial charge in [0.1, 0.15) is 5.82 Å². The van der Waals surface area contributed by atoms with Gasteiger partial charge in [-0.25, -0.2) is 9.18 Å². The molecule has 0 saturated carbocycles. The highest BCUT2D eigenvalue weighted by Crippen LogP contribution is 2.29. The van der Waals surface area contributed by atoms with E-state index in [-0.39, 0.29) is 11.8 Å². The maximum Gasteiger partial charge on any atom is 0.416 e. The first kappa shape index (κ1) is 18.0. The third-order valence-corrected chi connectivity index (χ3v) is 4.22. The van der Waals surface area contributed by atoms with Crippen molar-refractivity contribution in [3.63, 3.8) is 0 Å². The number of rotatable bonds is 2. The summed E-state index contributed by atoms with van der Waals surface area (Å²) in [6.07, 6.45) is -4.40. The van der Waals surface area contributed by atoms with E-state index in [1.54, 1.807) is 17.0 Å². The van der Waals surface area contributed by atoms with Gasteiger partial charge in [-0.15, -0.1) is 0 Å². The van der Waals surface area contributed by atoms with E-state index >= 15 is 0 Å². The number of alkyl halides is 3. The smallest absolute Gasteiger partial charge is 0.368 e. The molecule has 2 aromatic rings. The molecular weight excluding hydrogens is 350 g/mol. The predicted octanol–water partition coefficient (Wildman–Crippen LogP) is 4.20. The van der Waals surface area contributed by atoms with Gasteiger partial charge in [0.2, 0.25) is 0 Å². The summed E-state index contributed by atoms with van der Waals surface area (Å²) < 4.78 is 50.6. The summed E-state index contributed by atoms with van der Waals surface area (Å²) in [6, 6.07) is 10.1. The zero-order valence-corrected chi connectivity index (χ0v) is 13.8. The van der Waals surface area contributed by atoms with Gasteiger partial charge >= 0.3 is 12.2 Å². The first-order valence-corrected chi connectivity index (χ1v) is 8.06. The Kier molecular flexibility index (Phi) is 5.01. The Morgan fingerprint density at radius 1 is 0.885 bits per heavy atom. The molecular formula is C18H17F4N3O. The molecule has 0 atom stereocenters. The molecule has 0 bridgehead atoms. The number of hydrogen-bond acceptors (Lipinski definition) is 2. The molecule has 1 aliphatic heterocycles. The molecule has 138 valence electrons. The molecule has 2 amide bonds. The Balaban J connectivity index is 1.54. The quantitative estimate of drug-likeness (QED) is 0.808. The molecule has 1 heterocycles. The van der Waals surface area contributed by atoms with Gasteiger partial charge in [0.15, 0.2) is 0 Å². The summed E-state index contributed by atoms with van der Waals surface area (Å²) in [7, 11) is 0. The van der Waals surface area contributed by atoms with E-state index in [9.17, 15) is 22.4 Å². The van der Waals surface area contributed by atoms with E-state index in [4.69, 9.17) is 0 Å². The zero-order chi connectivity index (χ0) is 18.7. The highest BCUT2D eigenvalue weighted by Gasteiger charge is 2.30. The molecule has 0 unspecified atom stereocenters. The van der Waals surface area contributed by atoms with Crippen molar-refractivity contribution in [3.8, 4) is 0 Å². The minimum Gasteiger partial charge on any atom is -0.368 e. The Bertz CT molecular complexity index is 752. The minimum atomic E-state index is -4.40. The molecule has 26 heavy (non-hydrogen) atoms. The number of benzene rings is 2. The van der Waals surface area contributed by atoms with Crippen LogP contribution < -0.4 is 10.2 Å². The largest absolute Gasteiger partial charge is 0.416 e. The standard InChI is InChI=1S/C18H17F4N3O/c19-14-3-7-16(8-4-14)24-9-11-25(12-10-24)17(26)23-15-5-1-13(2-6-15)18(20,21)22/h1-8H,9-12H2,(H,23,26). The molecule has 1 saturated heterocycles. The number of nitrogens with one attached hydrogen (secondary N) is 1. The van der Waals surface area contributed by atoms with Crippen LogP contribution in [0.1, 0.15) is 5.56 Å². The first-order chi connectivity index (χ1) is 12.3. The van der Waals surface area contributed by atoms with Crippen LogP contribution in [0.2, 0.25) is 0 Å². The van der Waals surface area contributed by atoms with Gasteiger partial charge in [-0.3, -0.25) is 0 Å². The van der Waals surface area contributed by atoms with E-state index in [0.29, 0.717) is 31.9 Å². The molecule has 1 N–H and O–H groups in total. The van der Waals surface area contributed by atoms with E-state index in [1.807, 2.05) is 4.90 Å². The van der Waals surface area contributed by atoms with E-state index < -0.39 is 11.7 Å². The topological polar surface area (TPSA) is 35.6 Å². The van der Waals surface area contributed by atoms with E-state index in [0.717, 1.165) is 17.8 Å². The van der Waals surface area contributed by atoms with Crippen molar-refractivity contribution < 1.29 is 22.4 Å². The second-order valence-corrected chi connectivity index (χ2v) is 5.96. The van der Waals surface area contributed by atoms with Crippen LogP contribution in [0.3, 0.4) is 0 Å². The fourth-order valence-corrected chi connectivity index (χ4v) is 2.76. The van der Waals surface area contributed by atoms with Crippen LogP contribution in [0.4, 0.5) is 33.7 Å². The number of amides is 2. The number of carbonyl (C=O) groups is 1. The lowest BCUT2D eigenvalue weighted by Crippen LogP contribution is -2.50. The van der Waals surface area contributed by atoms with E-state index in [1.165, 1.54) is 24.3 Å². The third kappa shape index (κ3) is 4.25. The van der Waals surface area contributed by atoms with Crippen molar-refractivity contribution in [1.82, 2.24) is 4.90 Å². The molecule has 0 radical (unpaired) electrons. The lowest BCUT2D eigenvalue weighted by atomic mass is 10.2. The van der Waals surface area contributed by atoms with Crippen molar-refractivity contribution >= 4 is 17.4 Å². The van der Waals surface area contributed by atoms with Crippen molar-refractivity contribution in [1.29, 1.82) is 0 Å². The summed E-state index contributed by atoms with van der Waals surface area (Å²) >= 11 is 0. The van der Waals surface area contributed by atoms with Crippen molar-refractivity contribution in [3.05, 3.63) is 59.9 Å². The lowest BCUT2D eigenvalue weighted by Gasteiger charge is -2.36. The lowest BCUT2D eigenvalue weighted by molar-refractivity contribution is -0.137. The maximum atomic E-state index is 13.0. The first-order valence-electron chi connectivity index (χ1n) is 8.06. The van der Waals surface area contributed by atoms with Crippen LogP contribution in [-0.2, 0) is 6.18 Å². The van der Waals surface area contributed by atoms with Crippen molar-refractivity contribution in [2.75, 3.05) is 36.4 Å². The molecule has 1 fully saturated rings. The van der Waals surface area contributed by atoms with Gasteiger partial charge in [0.05, 0.1) is 5.56 Å². The third-order valence-electron chi connectivity index (χ3n) is 4.22. The molecule has 3 rings (SSSR count).